The second-order valence-electron chi connectivity index (χ2n) is 10.6. The number of amides is 2. The highest BCUT2D eigenvalue weighted by molar-refractivity contribution is 7.92. The van der Waals surface area contributed by atoms with E-state index in [0.29, 0.717) is 17.0 Å². The molecular weight excluding hydrogens is 653 g/mol. The molecule has 1 N–H and O–H groups in total. The molecule has 0 saturated heterocycles. The number of sulfonamides is 1. The van der Waals surface area contributed by atoms with Crippen molar-refractivity contribution in [3.8, 4) is 0 Å². The molecule has 7 nitrogen and oxygen atoms in total. The molecule has 0 aliphatic carbocycles. The maximum absolute atomic E-state index is 14.5. The van der Waals surface area contributed by atoms with E-state index in [1.54, 1.807) is 54.6 Å². The van der Waals surface area contributed by atoms with Crippen molar-refractivity contribution in [2.45, 2.75) is 50.2 Å². The van der Waals surface area contributed by atoms with Crippen molar-refractivity contribution in [3.63, 3.8) is 0 Å². The fraction of sp³-hybridized carbons (Fsp3) is 0.235. The van der Waals surface area contributed by atoms with E-state index in [9.17, 15) is 18.0 Å². The van der Waals surface area contributed by atoms with Gasteiger partial charge in [0.2, 0.25) is 11.8 Å². The lowest BCUT2D eigenvalue weighted by molar-refractivity contribution is -0.140. The summed E-state index contributed by atoms with van der Waals surface area (Å²) in [6.45, 7) is 3.17. The molecule has 0 heterocycles. The van der Waals surface area contributed by atoms with Crippen LogP contribution in [0.4, 0.5) is 5.69 Å². The van der Waals surface area contributed by atoms with Crippen molar-refractivity contribution in [1.82, 2.24) is 10.2 Å². The summed E-state index contributed by atoms with van der Waals surface area (Å²) in [5.74, 6) is -0.974. The van der Waals surface area contributed by atoms with Crippen LogP contribution in [0, 0.1) is 0 Å². The number of halogens is 3. The maximum atomic E-state index is 14.5. The summed E-state index contributed by atoms with van der Waals surface area (Å²) in [7, 11) is -4.26. The molecule has 0 aromatic heterocycles. The van der Waals surface area contributed by atoms with Gasteiger partial charge < -0.3 is 10.2 Å². The third-order valence-electron chi connectivity index (χ3n) is 7.34. The Kier molecular flexibility index (Phi) is 11.9. The Hall–Kier alpha value is -3.56. The minimum atomic E-state index is -4.26. The average Bonchev–Trinajstić information content (AvgIpc) is 3.04. The molecule has 0 aliphatic heterocycles. The van der Waals surface area contributed by atoms with E-state index in [1.807, 2.05) is 44.2 Å². The Balaban J connectivity index is 1.82. The number of anilines is 1. The fourth-order valence-electron chi connectivity index (χ4n) is 4.72. The molecule has 4 aromatic carbocycles. The first-order valence-corrected chi connectivity index (χ1v) is 17.0. The molecule has 0 spiro atoms. The molecule has 0 unspecified atom stereocenters. The molecule has 2 atom stereocenters. The topological polar surface area (TPSA) is 86.8 Å². The molecule has 0 radical (unpaired) electrons. The molecule has 236 valence electrons. The van der Waals surface area contributed by atoms with Gasteiger partial charge in [-0.3, -0.25) is 13.9 Å². The number of para-hydroxylation sites is 1. The number of benzene rings is 4. The highest BCUT2D eigenvalue weighted by Crippen LogP contribution is 2.31. The van der Waals surface area contributed by atoms with Crippen molar-refractivity contribution in [1.29, 1.82) is 0 Å². The Morgan fingerprint density at radius 2 is 1.40 bits per heavy atom. The largest absolute Gasteiger partial charge is 0.352 e. The second-order valence-corrected chi connectivity index (χ2v) is 13.7. The van der Waals surface area contributed by atoms with Crippen LogP contribution in [0.15, 0.2) is 108 Å². The number of rotatable bonds is 13. The summed E-state index contributed by atoms with van der Waals surface area (Å²) in [6.07, 6.45) is 0.869. The van der Waals surface area contributed by atoms with E-state index < -0.39 is 28.5 Å². The molecular formula is C34H34Cl3N3O4S. The first-order chi connectivity index (χ1) is 21.5. The van der Waals surface area contributed by atoms with Gasteiger partial charge in [0.1, 0.15) is 12.6 Å². The molecule has 4 aromatic rings. The van der Waals surface area contributed by atoms with Gasteiger partial charge in [-0.2, -0.15) is 0 Å². The summed E-state index contributed by atoms with van der Waals surface area (Å²) in [6, 6.07) is 27.4. The Morgan fingerprint density at radius 3 is 2.02 bits per heavy atom. The van der Waals surface area contributed by atoms with Crippen molar-refractivity contribution in [2.75, 3.05) is 10.8 Å². The van der Waals surface area contributed by atoms with Crippen LogP contribution >= 0.6 is 34.8 Å². The molecule has 4 rings (SSSR count). The molecule has 0 bridgehead atoms. The minimum Gasteiger partial charge on any atom is -0.352 e. The molecule has 2 amide bonds. The molecule has 45 heavy (non-hydrogen) atoms. The van der Waals surface area contributed by atoms with E-state index >= 15 is 0 Å². The maximum Gasteiger partial charge on any atom is 0.264 e. The van der Waals surface area contributed by atoms with Crippen LogP contribution in [0.2, 0.25) is 15.1 Å². The number of hydrogen-bond donors (Lipinski definition) is 1. The van der Waals surface area contributed by atoms with Crippen molar-refractivity contribution >= 4 is 62.3 Å². The van der Waals surface area contributed by atoms with E-state index in [-0.39, 0.29) is 45.5 Å². The summed E-state index contributed by atoms with van der Waals surface area (Å²) in [5.41, 5.74) is 1.57. The van der Waals surface area contributed by atoms with E-state index in [0.717, 1.165) is 9.87 Å². The van der Waals surface area contributed by atoms with E-state index in [1.165, 1.54) is 23.1 Å². The quantitative estimate of drug-likeness (QED) is 0.159. The van der Waals surface area contributed by atoms with Gasteiger partial charge in [0.15, 0.2) is 0 Å². The lowest BCUT2D eigenvalue weighted by Crippen LogP contribution is -2.54. The summed E-state index contributed by atoms with van der Waals surface area (Å²) in [5, 5.41) is 3.78. The van der Waals surface area contributed by atoms with E-state index in [2.05, 4.69) is 5.32 Å². The van der Waals surface area contributed by atoms with Gasteiger partial charge in [-0.05, 0) is 60.9 Å². The van der Waals surface area contributed by atoms with Gasteiger partial charge in [-0.25, -0.2) is 8.42 Å². The van der Waals surface area contributed by atoms with Crippen LogP contribution in [0.1, 0.15) is 31.4 Å². The lowest BCUT2D eigenvalue weighted by Gasteiger charge is -2.34. The predicted molar refractivity (Wildman–Crippen MR) is 181 cm³/mol. The first-order valence-electron chi connectivity index (χ1n) is 14.4. The van der Waals surface area contributed by atoms with Crippen LogP contribution in [0.5, 0.6) is 0 Å². The second kappa shape index (κ2) is 15.6. The molecule has 0 fully saturated rings. The Morgan fingerprint density at radius 1 is 0.778 bits per heavy atom. The third-order valence-corrected chi connectivity index (χ3v) is 10.2. The van der Waals surface area contributed by atoms with Gasteiger partial charge in [0.05, 0.1) is 25.7 Å². The van der Waals surface area contributed by atoms with Crippen LogP contribution in [-0.2, 0) is 32.6 Å². The van der Waals surface area contributed by atoms with Crippen LogP contribution < -0.4 is 9.62 Å². The normalized spacial score (nSPS) is 12.6. The first kappa shape index (κ1) is 34.3. The van der Waals surface area contributed by atoms with Crippen LogP contribution in [0.3, 0.4) is 0 Å². The fourth-order valence-corrected chi connectivity index (χ4v) is 6.78. The van der Waals surface area contributed by atoms with Crippen LogP contribution in [0.25, 0.3) is 0 Å². The smallest absolute Gasteiger partial charge is 0.264 e. The standard InChI is InChI=1S/C34H34Cl3N3O4S/c1-3-24(2)38-34(42)32(21-25-12-6-4-7-13-25)39(22-26-18-19-28(35)30(37)20-26)33(41)23-40(31-17-11-10-16-29(31)36)45(43,44)27-14-8-5-9-15-27/h4-20,24,32H,3,21-23H2,1-2H3,(H,38,42)/t24-,32-/m1/s1. The SMILES string of the molecule is CC[C@@H](C)NC(=O)[C@@H](Cc1ccccc1)N(Cc1ccc(Cl)c(Cl)c1)C(=O)CN(c1ccccc1Cl)S(=O)(=O)c1ccccc1. The minimum absolute atomic E-state index is 0.0101. The van der Waals surface area contributed by atoms with Crippen molar-refractivity contribution < 1.29 is 18.0 Å². The lowest BCUT2D eigenvalue weighted by atomic mass is 10.0. The average molecular weight is 687 g/mol. The zero-order valence-electron chi connectivity index (χ0n) is 24.9. The van der Waals surface area contributed by atoms with Gasteiger partial charge in [-0.1, -0.05) is 108 Å². The molecule has 11 heteroatoms. The van der Waals surface area contributed by atoms with Gasteiger partial charge in [-0.15, -0.1) is 0 Å². The molecule has 0 saturated carbocycles. The summed E-state index contributed by atoms with van der Waals surface area (Å²) >= 11 is 19.0. The highest BCUT2D eigenvalue weighted by atomic mass is 35.5. The van der Waals surface area contributed by atoms with Crippen molar-refractivity contribution in [2.24, 2.45) is 0 Å². The zero-order valence-corrected chi connectivity index (χ0v) is 28.0. The number of nitrogens with one attached hydrogen (secondary N) is 1. The summed E-state index contributed by atoms with van der Waals surface area (Å²) in [4.78, 5) is 29.8. The van der Waals surface area contributed by atoms with Gasteiger partial charge in [0, 0.05) is 19.0 Å². The third kappa shape index (κ3) is 8.79. The summed E-state index contributed by atoms with van der Waals surface area (Å²) < 4.78 is 29.1. The highest BCUT2D eigenvalue weighted by Gasteiger charge is 2.35. The van der Waals surface area contributed by atoms with E-state index in [4.69, 9.17) is 34.8 Å². The Labute approximate surface area is 279 Å². The molecule has 0 aliphatic rings. The zero-order chi connectivity index (χ0) is 32.6. The monoisotopic (exact) mass is 685 g/mol. The number of carbonyl (C=O) groups excluding carboxylic acids is 2. The van der Waals surface area contributed by atoms with Gasteiger partial charge in [0.25, 0.3) is 10.0 Å². The van der Waals surface area contributed by atoms with Gasteiger partial charge >= 0.3 is 0 Å². The number of hydrogen-bond acceptors (Lipinski definition) is 4. The van der Waals surface area contributed by atoms with Crippen molar-refractivity contribution in [3.05, 3.63) is 129 Å². The Bertz CT molecular complexity index is 1720. The van der Waals surface area contributed by atoms with Crippen LogP contribution in [-0.4, -0.2) is 43.8 Å². The predicted octanol–water partition coefficient (Wildman–Crippen LogP) is 7.40. The number of nitrogens with zero attached hydrogens (tertiary/aromatic N) is 2. The number of carbonyl (C=O) groups is 2.